The number of benzene rings is 1. The zero-order chi connectivity index (χ0) is 19.8. The maximum Gasteiger partial charge on any atom is 0.416 e. The van der Waals surface area contributed by atoms with Crippen LogP contribution in [0.3, 0.4) is 0 Å². The van der Waals surface area contributed by atoms with Gasteiger partial charge in [0.2, 0.25) is 0 Å². The Balaban J connectivity index is 1.32. The van der Waals surface area contributed by atoms with Crippen molar-refractivity contribution in [1.82, 2.24) is 10.2 Å². The number of nitrogens with one attached hydrogen (secondary N) is 1. The van der Waals surface area contributed by atoms with Gasteiger partial charge in [0.05, 0.1) is 11.3 Å². The summed E-state index contributed by atoms with van der Waals surface area (Å²) >= 11 is 5.57. The van der Waals surface area contributed by atoms with E-state index >= 15 is 0 Å². The van der Waals surface area contributed by atoms with Crippen molar-refractivity contribution in [2.75, 3.05) is 13.1 Å². The first kappa shape index (κ1) is 19.5. The average molecular weight is 411 g/mol. The third kappa shape index (κ3) is 4.11. The van der Waals surface area contributed by atoms with Crippen LogP contribution in [0.25, 0.3) is 0 Å². The minimum absolute atomic E-state index is 0.364. The molecule has 0 bridgehead atoms. The molecule has 0 unspecified atom stereocenters. The maximum atomic E-state index is 12.7. The Kier molecular flexibility index (Phi) is 5.24. The van der Waals surface area contributed by atoms with Crippen molar-refractivity contribution in [3.05, 3.63) is 35.4 Å². The molecule has 2 aliphatic heterocycles. The van der Waals surface area contributed by atoms with Crippen LogP contribution in [-0.4, -0.2) is 40.5 Å². The molecule has 4 nitrogen and oxygen atoms in total. The van der Waals surface area contributed by atoms with Gasteiger partial charge in [-0.2, -0.15) is 13.2 Å². The molecule has 0 amide bonds. The Morgan fingerprint density at radius 3 is 2.39 bits per heavy atom. The highest BCUT2D eigenvalue weighted by molar-refractivity contribution is 7.80. The number of likely N-dealkylation sites (tertiary alicyclic amines) is 1. The van der Waals surface area contributed by atoms with E-state index in [1.165, 1.54) is 37.8 Å². The van der Waals surface area contributed by atoms with Gasteiger partial charge in [0.1, 0.15) is 5.60 Å². The highest BCUT2D eigenvalue weighted by atomic mass is 32.1. The zero-order valence-corrected chi connectivity index (χ0v) is 16.4. The van der Waals surface area contributed by atoms with E-state index < -0.39 is 11.7 Å². The molecule has 2 fully saturated rings. The van der Waals surface area contributed by atoms with Crippen LogP contribution in [0.5, 0.6) is 0 Å². The molecule has 1 aromatic rings. The third-order valence-corrected chi connectivity index (χ3v) is 6.41. The fraction of sp³-hybridized carbons (Fsp3) is 0.600. The molecule has 1 saturated carbocycles. The summed E-state index contributed by atoms with van der Waals surface area (Å²) in [5.41, 5.74) is 0.388. The number of piperidine rings is 1. The van der Waals surface area contributed by atoms with Crippen LogP contribution < -0.4 is 5.32 Å². The van der Waals surface area contributed by atoms with E-state index in [9.17, 15) is 13.2 Å². The molecule has 1 saturated heterocycles. The first-order valence-corrected chi connectivity index (χ1v) is 10.2. The Morgan fingerprint density at radius 2 is 1.79 bits per heavy atom. The Labute approximate surface area is 168 Å². The molecule has 4 rings (SSSR count). The van der Waals surface area contributed by atoms with Crippen molar-refractivity contribution < 1.29 is 18.0 Å². The number of alkyl halides is 3. The Hall–Kier alpha value is -1.83. The normalized spacial score (nSPS) is 22.2. The molecule has 0 aromatic heterocycles. The second kappa shape index (κ2) is 7.54. The van der Waals surface area contributed by atoms with Crippen LogP contribution in [0.4, 0.5) is 13.2 Å². The third-order valence-electron chi connectivity index (χ3n) is 6.03. The molecule has 1 aromatic carbocycles. The minimum atomic E-state index is -4.33. The number of hydrogen-bond acceptors (Lipinski definition) is 3. The van der Waals surface area contributed by atoms with Gasteiger partial charge in [0.15, 0.2) is 5.11 Å². The highest BCUT2D eigenvalue weighted by Crippen LogP contribution is 2.37. The molecule has 1 N–H and O–H groups in total. The van der Waals surface area contributed by atoms with E-state index in [1.54, 1.807) is 0 Å². The van der Waals surface area contributed by atoms with Crippen LogP contribution in [0.1, 0.15) is 56.1 Å². The summed E-state index contributed by atoms with van der Waals surface area (Å²) in [7, 11) is 0. The van der Waals surface area contributed by atoms with E-state index in [4.69, 9.17) is 17.1 Å². The standard InChI is InChI=1S/C20H24F3N3OS/c21-20(22,23)15-7-5-14(6-8-15)17-13-19(27-25-17)9-11-26(12-10-19)18(28)24-16-3-1-2-4-16/h5-8,16H,1-4,9-13H2,(H,24,28). The van der Waals surface area contributed by atoms with Crippen molar-refractivity contribution in [2.45, 2.75) is 62.8 Å². The fourth-order valence-electron chi connectivity index (χ4n) is 4.25. The first-order valence-electron chi connectivity index (χ1n) is 9.83. The molecule has 152 valence electrons. The summed E-state index contributed by atoms with van der Waals surface area (Å²) in [4.78, 5) is 7.98. The molecule has 2 heterocycles. The van der Waals surface area contributed by atoms with Crippen LogP contribution in [0, 0.1) is 0 Å². The molecular formula is C20H24F3N3OS. The van der Waals surface area contributed by atoms with Crippen molar-refractivity contribution in [3.8, 4) is 0 Å². The van der Waals surface area contributed by atoms with Gasteiger partial charge in [-0.3, -0.25) is 0 Å². The van der Waals surface area contributed by atoms with Crippen molar-refractivity contribution in [1.29, 1.82) is 0 Å². The molecule has 0 radical (unpaired) electrons. The number of rotatable bonds is 2. The highest BCUT2D eigenvalue weighted by Gasteiger charge is 2.43. The second-order valence-corrected chi connectivity index (χ2v) is 8.37. The SMILES string of the molecule is FC(F)(F)c1ccc(C2=NOC3(CCN(C(=S)NC4CCCC4)CC3)C2)cc1. The first-order chi connectivity index (χ1) is 13.3. The van der Waals surface area contributed by atoms with Crippen LogP contribution in [0.15, 0.2) is 29.4 Å². The molecule has 0 atom stereocenters. The number of hydrogen-bond donors (Lipinski definition) is 1. The van der Waals surface area contributed by atoms with Crippen LogP contribution in [-0.2, 0) is 11.0 Å². The van der Waals surface area contributed by atoms with E-state index in [0.717, 1.165) is 43.2 Å². The summed E-state index contributed by atoms with van der Waals surface area (Å²) in [6.45, 7) is 1.60. The van der Waals surface area contributed by atoms with E-state index in [0.29, 0.717) is 23.7 Å². The zero-order valence-electron chi connectivity index (χ0n) is 15.6. The maximum absolute atomic E-state index is 12.7. The van der Waals surface area contributed by atoms with Crippen molar-refractivity contribution in [2.24, 2.45) is 5.16 Å². The lowest BCUT2D eigenvalue weighted by atomic mass is 9.85. The van der Waals surface area contributed by atoms with Crippen molar-refractivity contribution in [3.63, 3.8) is 0 Å². The van der Waals surface area contributed by atoms with Gasteiger partial charge in [-0.15, -0.1) is 0 Å². The van der Waals surface area contributed by atoms with Crippen LogP contribution >= 0.6 is 12.2 Å². The summed E-state index contributed by atoms with van der Waals surface area (Å²) in [6.07, 6.45) is 2.79. The summed E-state index contributed by atoms with van der Waals surface area (Å²) < 4.78 is 38.2. The smallest absolute Gasteiger partial charge is 0.388 e. The Bertz CT molecular complexity index is 749. The molecule has 8 heteroatoms. The van der Waals surface area contributed by atoms with Gasteiger partial charge in [-0.1, -0.05) is 30.1 Å². The second-order valence-electron chi connectivity index (χ2n) is 7.98. The molecule has 28 heavy (non-hydrogen) atoms. The fourth-order valence-corrected chi connectivity index (χ4v) is 4.60. The lowest BCUT2D eigenvalue weighted by molar-refractivity contribution is -0.137. The summed E-state index contributed by atoms with van der Waals surface area (Å²) in [6, 6.07) is 5.64. The number of thiocarbonyl (C=S) groups is 1. The van der Waals surface area contributed by atoms with E-state index in [2.05, 4.69) is 15.4 Å². The van der Waals surface area contributed by atoms with Gasteiger partial charge in [-0.25, -0.2) is 0 Å². The molecular weight excluding hydrogens is 387 g/mol. The van der Waals surface area contributed by atoms with E-state index in [-0.39, 0.29) is 5.60 Å². The summed E-state index contributed by atoms with van der Waals surface area (Å²) in [5, 5.41) is 8.49. The number of nitrogens with zero attached hydrogens (tertiary/aromatic N) is 2. The lowest BCUT2D eigenvalue weighted by Crippen LogP contribution is -2.51. The van der Waals surface area contributed by atoms with Gasteiger partial charge < -0.3 is 15.1 Å². The topological polar surface area (TPSA) is 36.9 Å². The largest absolute Gasteiger partial charge is 0.416 e. The van der Waals surface area contributed by atoms with Gasteiger partial charge in [0, 0.05) is 38.4 Å². The predicted molar refractivity (Wildman–Crippen MR) is 105 cm³/mol. The molecule has 1 aliphatic carbocycles. The molecule has 1 spiro atoms. The molecule has 3 aliphatic rings. The Morgan fingerprint density at radius 1 is 1.14 bits per heavy atom. The lowest BCUT2D eigenvalue weighted by Gasteiger charge is -2.39. The van der Waals surface area contributed by atoms with Crippen LogP contribution in [0.2, 0.25) is 0 Å². The van der Waals surface area contributed by atoms with Crippen molar-refractivity contribution >= 4 is 23.0 Å². The summed E-state index contributed by atoms with van der Waals surface area (Å²) in [5.74, 6) is 0. The number of halogens is 3. The van der Waals surface area contributed by atoms with Gasteiger partial charge in [0.25, 0.3) is 0 Å². The average Bonchev–Trinajstić information content (AvgIpc) is 3.32. The van der Waals surface area contributed by atoms with Gasteiger partial charge in [-0.05, 0) is 42.8 Å². The monoisotopic (exact) mass is 411 g/mol. The van der Waals surface area contributed by atoms with E-state index in [1.807, 2.05) is 0 Å². The quantitative estimate of drug-likeness (QED) is 0.728. The minimum Gasteiger partial charge on any atom is -0.388 e. The number of oxime groups is 1. The predicted octanol–water partition coefficient (Wildman–Crippen LogP) is 4.48. The van der Waals surface area contributed by atoms with Gasteiger partial charge >= 0.3 is 6.18 Å².